The number of pyridine rings is 1. The molecule has 0 saturated carbocycles. The van der Waals surface area contributed by atoms with Crippen LogP contribution in [0.1, 0.15) is 19.4 Å². The molecule has 1 aliphatic rings. The Morgan fingerprint density at radius 3 is 2.85 bits per heavy atom. The molecule has 9 heteroatoms. The number of aliphatic hydroxyl groups is 1. The molecule has 0 spiro atoms. The van der Waals surface area contributed by atoms with E-state index in [-0.39, 0.29) is 36.1 Å². The minimum absolute atomic E-state index is 0.105. The first-order valence-corrected chi connectivity index (χ1v) is 9.76. The maximum atomic E-state index is 13.0. The van der Waals surface area contributed by atoms with E-state index < -0.39 is 0 Å². The molecule has 2 aromatic rings. The zero-order valence-electron chi connectivity index (χ0n) is 15.0. The van der Waals surface area contributed by atoms with E-state index >= 15 is 0 Å². The molecule has 0 aliphatic carbocycles. The summed E-state index contributed by atoms with van der Waals surface area (Å²) in [4.78, 5) is 32.1. The van der Waals surface area contributed by atoms with Crippen LogP contribution < -0.4 is 10.9 Å². The fourth-order valence-electron chi connectivity index (χ4n) is 2.70. The Labute approximate surface area is 166 Å². The number of aromatic nitrogens is 2. The van der Waals surface area contributed by atoms with Crippen LogP contribution in [-0.2, 0) is 4.79 Å². The minimum Gasteiger partial charge on any atom is -0.395 e. The van der Waals surface area contributed by atoms with Crippen LogP contribution in [0.3, 0.4) is 0 Å². The fraction of sp³-hybridized carbons (Fsp3) is 0.333. The lowest BCUT2D eigenvalue weighted by Crippen LogP contribution is -2.31. The number of anilines is 1. The Bertz CT molecular complexity index is 984. The third-order valence-corrected chi connectivity index (χ3v) is 5.25. The van der Waals surface area contributed by atoms with Gasteiger partial charge in [-0.2, -0.15) is 0 Å². The third kappa shape index (κ3) is 4.05. The molecule has 3 rings (SSSR count). The van der Waals surface area contributed by atoms with Gasteiger partial charge in [0.05, 0.1) is 17.1 Å². The van der Waals surface area contributed by atoms with E-state index in [2.05, 4.69) is 10.3 Å². The van der Waals surface area contributed by atoms with Crippen molar-refractivity contribution in [1.82, 2.24) is 14.3 Å². The average molecular weight is 405 g/mol. The molecule has 7 nitrogen and oxygen atoms in total. The zero-order valence-corrected chi connectivity index (χ0v) is 16.6. The summed E-state index contributed by atoms with van der Waals surface area (Å²) >= 11 is 6.50. The van der Waals surface area contributed by atoms with Crippen molar-refractivity contribution in [3.05, 3.63) is 45.2 Å². The van der Waals surface area contributed by atoms with Crippen molar-refractivity contribution in [2.24, 2.45) is 5.92 Å². The van der Waals surface area contributed by atoms with Gasteiger partial charge < -0.3 is 10.4 Å². The number of fused-ring (bicyclic) bond motifs is 1. The number of nitrogens with zero attached hydrogens (tertiary/aromatic N) is 3. The molecule has 2 N–H and O–H groups in total. The van der Waals surface area contributed by atoms with E-state index in [1.165, 1.54) is 22.2 Å². The number of rotatable bonds is 6. The number of thioether (sulfide) groups is 1. The van der Waals surface area contributed by atoms with Gasteiger partial charge in [-0.3, -0.25) is 18.9 Å². The van der Waals surface area contributed by atoms with Gasteiger partial charge in [-0.15, -0.1) is 0 Å². The molecule has 2 aromatic heterocycles. The first-order valence-electron chi connectivity index (χ1n) is 8.54. The van der Waals surface area contributed by atoms with Gasteiger partial charge in [0.2, 0.25) is 0 Å². The van der Waals surface area contributed by atoms with Crippen molar-refractivity contribution in [3.8, 4) is 0 Å². The SMILES string of the molecule is CC(C)CN1C(=O)C(=Cc2c(NCCO)nc3ccccn3c2=O)SC1=S. The largest absolute Gasteiger partial charge is 0.395 e. The van der Waals surface area contributed by atoms with Gasteiger partial charge in [0.25, 0.3) is 11.5 Å². The molecule has 0 atom stereocenters. The number of hydrogen-bond acceptors (Lipinski definition) is 7. The Kier molecular flexibility index (Phi) is 5.93. The van der Waals surface area contributed by atoms with Crippen LogP contribution in [0, 0.1) is 5.92 Å². The van der Waals surface area contributed by atoms with Crippen LogP contribution in [-0.4, -0.2) is 49.3 Å². The van der Waals surface area contributed by atoms with E-state index in [1.807, 2.05) is 13.8 Å². The maximum Gasteiger partial charge on any atom is 0.267 e. The van der Waals surface area contributed by atoms with Crippen molar-refractivity contribution in [1.29, 1.82) is 0 Å². The first kappa shape index (κ1) is 19.5. The Morgan fingerprint density at radius 2 is 2.15 bits per heavy atom. The maximum absolute atomic E-state index is 13.0. The van der Waals surface area contributed by atoms with Crippen LogP contribution in [0.2, 0.25) is 0 Å². The number of aliphatic hydroxyl groups excluding tert-OH is 1. The Morgan fingerprint density at radius 1 is 1.37 bits per heavy atom. The molecule has 1 saturated heterocycles. The second-order valence-corrected chi connectivity index (χ2v) is 8.12. The lowest BCUT2D eigenvalue weighted by atomic mass is 10.2. The van der Waals surface area contributed by atoms with Crippen molar-refractivity contribution in [2.45, 2.75) is 13.8 Å². The summed E-state index contributed by atoms with van der Waals surface area (Å²) in [6.07, 6.45) is 3.16. The summed E-state index contributed by atoms with van der Waals surface area (Å²) in [6, 6.07) is 5.24. The Balaban J connectivity index is 2.09. The smallest absolute Gasteiger partial charge is 0.267 e. The number of thiocarbonyl (C=S) groups is 1. The number of carbonyl (C=O) groups excluding carboxylic acids is 1. The second-order valence-electron chi connectivity index (χ2n) is 6.44. The van der Waals surface area contributed by atoms with Crippen LogP contribution in [0.15, 0.2) is 34.1 Å². The zero-order chi connectivity index (χ0) is 19.6. The fourth-order valence-corrected chi connectivity index (χ4v) is 3.95. The molecule has 1 fully saturated rings. The second kappa shape index (κ2) is 8.20. The van der Waals surface area contributed by atoms with Gasteiger partial charge >= 0.3 is 0 Å². The number of nitrogens with one attached hydrogen (secondary N) is 1. The first-order chi connectivity index (χ1) is 12.9. The number of amides is 1. The van der Waals surface area contributed by atoms with E-state index in [9.17, 15) is 9.59 Å². The number of hydrogen-bond donors (Lipinski definition) is 2. The lowest BCUT2D eigenvalue weighted by molar-refractivity contribution is -0.122. The summed E-state index contributed by atoms with van der Waals surface area (Å²) in [6.45, 7) is 4.70. The standard InChI is InChI=1S/C18H20N4O3S2/c1-11(2)10-22-17(25)13(27-18(22)26)9-12-15(19-6-8-23)20-14-5-3-4-7-21(14)16(12)24/h3-5,7,9,11,19,23H,6,8,10H2,1-2H3. The molecule has 27 heavy (non-hydrogen) atoms. The molecular weight excluding hydrogens is 384 g/mol. The van der Waals surface area contributed by atoms with E-state index in [0.717, 1.165) is 0 Å². The highest BCUT2D eigenvalue weighted by Gasteiger charge is 2.32. The molecule has 3 heterocycles. The van der Waals surface area contributed by atoms with Gasteiger partial charge in [-0.25, -0.2) is 4.98 Å². The van der Waals surface area contributed by atoms with E-state index in [0.29, 0.717) is 27.2 Å². The van der Waals surface area contributed by atoms with Crippen LogP contribution in [0.25, 0.3) is 11.7 Å². The van der Waals surface area contributed by atoms with Crippen molar-refractivity contribution in [2.75, 3.05) is 25.0 Å². The summed E-state index contributed by atoms with van der Waals surface area (Å²) in [5.41, 5.74) is 0.444. The predicted octanol–water partition coefficient (Wildman–Crippen LogP) is 1.96. The molecule has 0 unspecified atom stereocenters. The Hall–Kier alpha value is -2.23. The van der Waals surface area contributed by atoms with Crippen LogP contribution >= 0.6 is 24.0 Å². The van der Waals surface area contributed by atoms with E-state index in [1.54, 1.807) is 29.3 Å². The van der Waals surface area contributed by atoms with E-state index in [4.69, 9.17) is 17.3 Å². The minimum atomic E-state index is -0.296. The van der Waals surface area contributed by atoms with Gasteiger partial charge in [0.15, 0.2) is 0 Å². The molecule has 0 aromatic carbocycles. The molecule has 1 amide bonds. The third-order valence-electron chi connectivity index (χ3n) is 3.87. The summed E-state index contributed by atoms with van der Waals surface area (Å²) in [5.74, 6) is 0.403. The topological polar surface area (TPSA) is 86.9 Å². The van der Waals surface area contributed by atoms with Gasteiger partial charge in [-0.1, -0.05) is 43.9 Å². The lowest BCUT2D eigenvalue weighted by Gasteiger charge is -2.16. The summed E-state index contributed by atoms with van der Waals surface area (Å²) < 4.78 is 1.91. The quantitative estimate of drug-likeness (QED) is 0.562. The van der Waals surface area contributed by atoms with Crippen molar-refractivity contribution >= 4 is 51.7 Å². The normalized spacial score (nSPS) is 16.1. The molecule has 0 radical (unpaired) electrons. The van der Waals surface area contributed by atoms with Crippen LogP contribution in [0.5, 0.6) is 0 Å². The highest BCUT2D eigenvalue weighted by atomic mass is 32.2. The average Bonchev–Trinajstić information content (AvgIpc) is 2.89. The van der Waals surface area contributed by atoms with Crippen molar-refractivity contribution < 1.29 is 9.90 Å². The number of carbonyl (C=O) groups is 1. The molecule has 0 bridgehead atoms. The predicted molar refractivity (Wildman–Crippen MR) is 112 cm³/mol. The van der Waals surface area contributed by atoms with Crippen LogP contribution in [0.4, 0.5) is 5.82 Å². The highest BCUT2D eigenvalue weighted by Crippen LogP contribution is 2.33. The van der Waals surface area contributed by atoms with Gasteiger partial charge in [-0.05, 0) is 24.1 Å². The summed E-state index contributed by atoms with van der Waals surface area (Å²) in [5, 5.41) is 12.1. The monoisotopic (exact) mass is 404 g/mol. The molecule has 1 aliphatic heterocycles. The van der Waals surface area contributed by atoms with Gasteiger partial charge in [0, 0.05) is 19.3 Å². The molecule has 142 valence electrons. The van der Waals surface area contributed by atoms with Crippen molar-refractivity contribution in [3.63, 3.8) is 0 Å². The molecular formula is C18H20N4O3S2. The highest BCUT2D eigenvalue weighted by molar-refractivity contribution is 8.26. The van der Waals surface area contributed by atoms with Gasteiger partial charge in [0.1, 0.15) is 15.8 Å². The summed E-state index contributed by atoms with van der Waals surface area (Å²) in [7, 11) is 0.